The Morgan fingerprint density at radius 2 is 2.10 bits per heavy atom. The van der Waals surface area contributed by atoms with Gasteiger partial charge in [-0.3, -0.25) is 9.69 Å². The first kappa shape index (κ1) is 15.0. The minimum absolute atomic E-state index is 0.130. The van der Waals surface area contributed by atoms with Crippen molar-refractivity contribution in [2.75, 3.05) is 13.1 Å². The molecule has 0 aromatic heterocycles. The van der Waals surface area contributed by atoms with Crippen LogP contribution >= 0.6 is 0 Å². The van der Waals surface area contributed by atoms with Gasteiger partial charge in [0.25, 0.3) is 0 Å². The molecule has 110 valence electrons. The standard InChI is InChI=1S/C17H25NO2/c1-4-13(2)17(3)12-18(11-15(17)16(19)20)10-14-8-6-5-7-9-14/h5-9,13,15H,4,10-12H2,1-3H3,(H,19,20). The van der Waals surface area contributed by atoms with Gasteiger partial charge in [0, 0.05) is 19.6 Å². The molecule has 1 aliphatic heterocycles. The van der Waals surface area contributed by atoms with E-state index in [4.69, 9.17) is 0 Å². The van der Waals surface area contributed by atoms with Crippen LogP contribution in [0.5, 0.6) is 0 Å². The monoisotopic (exact) mass is 275 g/mol. The maximum absolute atomic E-state index is 11.6. The quantitative estimate of drug-likeness (QED) is 0.896. The van der Waals surface area contributed by atoms with E-state index in [-0.39, 0.29) is 11.3 Å². The number of hydrogen-bond acceptors (Lipinski definition) is 2. The molecule has 1 heterocycles. The summed E-state index contributed by atoms with van der Waals surface area (Å²) < 4.78 is 0. The predicted octanol–water partition coefficient (Wildman–Crippen LogP) is 3.26. The smallest absolute Gasteiger partial charge is 0.308 e. The molecule has 0 aliphatic carbocycles. The molecule has 0 saturated carbocycles. The maximum Gasteiger partial charge on any atom is 0.308 e. The molecule has 3 heteroatoms. The fraction of sp³-hybridized carbons (Fsp3) is 0.588. The predicted molar refractivity (Wildman–Crippen MR) is 80.4 cm³/mol. The SMILES string of the molecule is CCC(C)C1(C)CN(Cc2ccccc2)CC1C(=O)O. The largest absolute Gasteiger partial charge is 0.481 e. The number of carbonyl (C=O) groups is 1. The topological polar surface area (TPSA) is 40.5 Å². The molecule has 0 radical (unpaired) electrons. The van der Waals surface area contributed by atoms with Crippen molar-refractivity contribution >= 4 is 5.97 Å². The molecule has 20 heavy (non-hydrogen) atoms. The van der Waals surface area contributed by atoms with E-state index < -0.39 is 5.97 Å². The van der Waals surface area contributed by atoms with Gasteiger partial charge in [0.2, 0.25) is 0 Å². The van der Waals surface area contributed by atoms with Crippen molar-refractivity contribution in [3.63, 3.8) is 0 Å². The highest BCUT2D eigenvalue weighted by atomic mass is 16.4. The average Bonchev–Trinajstić information content (AvgIpc) is 2.77. The number of hydrogen-bond donors (Lipinski definition) is 1. The molecule has 3 atom stereocenters. The molecule has 3 unspecified atom stereocenters. The average molecular weight is 275 g/mol. The normalized spacial score (nSPS) is 28.4. The van der Waals surface area contributed by atoms with Gasteiger partial charge < -0.3 is 5.11 Å². The van der Waals surface area contributed by atoms with E-state index in [1.54, 1.807) is 0 Å². The highest BCUT2D eigenvalue weighted by Crippen LogP contribution is 2.44. The van der Waals surface area contributed by atoms with Crippen LogP contribution in [-0.2, 0) is 11.3 Å². The number of carboxylic acid groups (broad SMARTS) is 1. The Bertz CT molecular complexity index is 459. The molecule has 1 aliphatic rings. The number of likely N-dealkylation sites (tertiary alicyclic amines) is 1. The zero-order valence-electron chi connectivity index (χ0n) is 12.7. The highest BCUT2D eigenvalue weighted by Gasteiger charge is 2.49. The Hall–Kier alpha value is -1.35. The Balaban J connectivity index is 2.14. The van der Waals surface area contributed by atoms with Crippen LogP contribution in [0.3, 0.4) is 0 Å². The molecule has 1 aromatic rings. The van der Waals surface area contributed by atoms with Crippen molar-refractivity contribution in [1.29, 1.82) is 0 Å². The second-order valence-electron chi connectivity index (χ2n) is 6.36. The van der Waals surface area contributed by atoms with Crippen LogP contribution < -0.4 is 0 Å². The summed E-state index contributed by atoms with van der Waals surface area (Å²) in [6, 6.07) is 10.3. The molecule has 3 nitrogen and oxygen atoms in total. The summed E-state index contributed by atoms with van der Waals surface area (Å²) in [5.74, 6) is -0.492. The van der Waals surface area contributed by atoms with Gasteiger partial charge in [-0.25, -0.2) is 0 Å². The number of aliphatic carboxylic acids is 1. The number of rotatable bonds is 5. The second-order valence-corrected chi connectivity index (χ2v) is 6.36. The molecule has 0 bridgehead atoms. The van der Waals surface area contributed by atoms with Crippen LogP contribution in [0.1, 0.15) is 32.8 Å². The second kappa shape index (κ2) is 5.96. The first-order valence-electron chi connectivity index (χ1n) is 7.46. The van der Waals surface area contributed by atoms with E-state index in [9.17, 15) is 9.90 Å². The third kappa shape index (κ3) is 2.88. The van der Waals surface area contributed by atoms with Gasteiger partial charge in [0.1, 0.15) is 0 Å². The summed E-state index contributed by atoms with van der Waals surface area (Å²) in [6.07, 6.45) is 1.03. The molecular formula is C17H25NO2. The van der Waals surface area contributed by atoms with Crippen LogP contribution in [-0.4, -0.2) is 29.1 Å². The summed E-state index contributed by atoms with van der Waals surface area (Å²) >= 11 is 0. The highest BCUT2D eigenvalue weighted by molar-refractivity contribution is 5.72. The fourth-order valence-corrected chi connectivity index (χ4v) is 3.41. The van der Waals surface area contributed by atoms with Gasteiger partial charge >= 0.3 is 5.97 Å². The zero-order valence-corrected chi connectivity index (χ0v) is 12.7. The Labute approximate surface area is 121 Å². The molecular weight excluding hydrogens is 250 g/mol. The van der Waals surface area contributed by atoms with Gasteiger partial charge in [0.15, 0.2) is 0 Å². The Kier molecular flexibility index (Phi) is 4.48. The molecule has 2 rings (SSSR count). The summed E-state index contributed by atoms with van der Waals surface area (Å²) in [7, 11) is 0. The van der Waals surface area contributed by atoms with Gasteiger partial charge in [-0.15, -0.1) is 0 Å². The fourth-order valence-electron chi connectivity index (χ4n) is 3.41. The first-order chi connectivity index (χ1) is 9.47. The van der Waals surface area contributed by atoms with E-state index in [1.165, 1.54) is 5.56 Å². The summed E-state index contributed by atoms with van der Waals surface area (Å²) in [6.45, 7) is 8.84. The summed E-state index contributed by atoms with van der Waals surface area (Å²) in [5.41, 5.74) is 1.13. The van der Waals surface area contributed by atoms with Crippen LogP contribution in [0, 0.1) is 17.3 Å². The van der Waals surface area contributed by atoms with Crippen molar-refractivity contribution in [3.05, 3.63) is 35.9 Å². The van der Waals surface area contributed by atoms with E-state index >= 15 is 0 Å². The third-order valence-corrected chi connectivity index (χ3v) is 5.09. The van der Waals surface area contributed by atoms with Crippen LogP contribution in [0.15, 0.2) is 30.3 Å². The third-order valence-electron chi connectivity index (χ3n) is 5.09. The van der Waals surface area contributed by atoms with Gasteiger partial charge in [-0.05, 0) is 16.9 Å². The van der Waals surface area contributed by atoms with Crippen LogP contribution in [0.25, 0.3) is 0 Å². The Morgan fingerprint density at radius 1 is 1.45 bits per heavy atom. The van der Waals surface area contributed by atoms with Crippen LogP contribution in [0.4, 0.5) is 0 Å². The van der Waals surface area contributed by atoms with Crippen molar-refractivity contribution in [2.45, 2.75) is 33.7 Å². The zero-order chi connectivity index (χ0) is 14.8. The van der Waals surface area contributed by atoms with Crippen LogP contribution in [0.2, 0.25) is 0 Å². The van der Waals surface area contributed by atoms with Crippen molar-refractivity contribution < 1.29 is 9.90 Å². The van der Waals surface area contributed by atoms with Crippen molar-refractivity contribution in [3.8, 4) is 0 Å². The molecule has 1 N–H and O–H groups in total. The summed E-state index contributed by atoms with van der Waals surface area (Å²) in [4.78, 5) is 13.9. The lowest BCUT2D eigenvalue weighted by molar-refractivity contribution is -0.145. The summed E-state index contributed by atoms with van der Waals surface area (Å²) in [5, 5.41) is 9.55. The van der Waals surface area contributed by atoms with E-state index in [0.29, 0.717) is 12.5 Å². The molecule has 1 fully saturated rings. The lowest BCUT2D eigenvalue weighted by Crippen LogP contribution is -2.37. The number of carboxylic acids is 1. The molecule has 1 saturated heterocycles. The van der Waals surface area contributed by atoms with Gasteiger partial charge in [-0.2, -0.15) is 0 Å². The molecule has 1 aromatic carbocycles. The van der Waals surface area contributed by atoms with Crippen molar-refractivity contribution in [2.24, 2.45) is 17.3 Å². The first-order valence-corrected chi connectivity index (χ1v) is 7.46. The van der Waals surface area contributed by atoms with E-state index in [1.807, 2.05) is 18.2 Å². The lowest BCUT2D eigenvalue weighted by Gasteiger charge is -2.34. The minimum Gasteiger partial charge on any atom is -0.481 e. The number of benzene rings is 1. The molecule has 0 spiro atoms. The lowest BCUT2D eigenvalue weighted by atomic mass is 9.69. The maximum atomic E-state index is 11.6. The molecule has 0 amide bonds. The van der Waals surface area contributed by atoms with Crippen molar-refractivity contribution in [1.82, 2.24) is 4.90 Å². The number of nitrogens with zero attached hydrogens (tertiary/aromatic N) is 1. The van der Waals surface area contributed by atoms with E-state index in [2.05, 4.69) is 37.8 Å². The Morgan fingerprint density at radius 3 is 2.65 bits per heavy atom. The van der Waals surface area contributed by atoms with E-state index in [0.717, 1.165) is 19.5 Å². The van der Waals surface area contributed by atoms with Gasteiger partial charge in [-0.1, -0.05) is 57.5 Å². The minimum atomic E-state index is -0.650. The van der Waals surface area contributed by atoms with Gasteiger partial charge in [0.05, 0.1) is 5.92 Å².